The van der Waals surface area contributed by atoms with E-state index in [0.29, 0.717) is 32.2 Å². The number of carbonyl (C=O) groups is 3. The Balaban J connectivity index is 0.00000102. The van der Waals surface area contributed by atoms with Gasteiger partial charge in [-0.3, -0.25) is 18.9 Å². The van der Waals surface area contributed by atoms with Crippen molar-refractivity contribution >= 4 is 33.6 Å². The van der Waals surface area contributed by atoms with Gasteiger partial charge in [0.15, 0.2) is 0 Å². The predicted octanol–water partition coefficient (Wildman–Crippen LogP) is 2.39. The van der Waals surface area contributed by atoms with Crippen molar-refractivity contribution in [2.24, 2.45) is 16.3 Å². The molecule has 1 unspecified atom stereocenters. The Bertz CT molecular complexity index is 1480. The summed E-state index contributed by atoms with van der Waals surface area (Å²) in [5, 5.41) is 9.15. The molecule has 12 nitrogen and oxygen atoms in total. The molecule has 2 aliphatic heterocycles. The fourth-order valence-electron chi connectivity index (χ4n) is 5.11. The maximum absolute atomic E-state index is 14.1. The van der Waals surface area contributed by atoms with Gasteiger partial charge >= 0.3 is 0 Å². The van der Waals surface area contributed by atoms with E-state index < -0.39 is 38.6 Å². The van der Waals surface area contributed by atoms with E-state index in [1.165, 1.54) is 0 Å². The van der Waals surface area contributed by atoms with Crippen LogP contribution < -0.4 is 11.1 Å². The van der Waals surface area contributed by atoms with Crippen LogP contribution in [0.1, 0.15) is 52.2 Å². The van der Waals surface area contributed by atoms with Crippen LogP contribution in [0.3, 0.4) is 0 Å². The van der Waals surface area contributed by atoms with Crippen LogP contribution in [-0.4, -0.2) is 89.4 Å². The SMILES string of the molecule is CC(C)(N)C(=O)NC(COCc1ccccc1)C(=O)N1CCC2=NN(C(C)(C)C)C(=O)[C@@]2(Cc2ccccc2)C1.CS(=O)(=O)O. The van der Waals surface area contributed by atoms with E-state index >= 15 is 0 Å². The number of likely N-dealkylation sites (tertiary alicyclic amines) is 1. The Hall–Kier alpha value is -3.65. The van der Waals surface area contributed by atoms with E-state index in [-0.39, 0.29) is 25.0 Å². The number of fused-ring (bicyclic) bond motifs is 1. The topological polar surface area (TPSA) is 172 Å². The number of piperidine rings is 1. The molecule has 2 aromatic rings. The number of carbonyl (C=O) groups excluding carboxylic acids is 3. The number of amides is 3. The highest BCUT2D eigenvalue weighted by Gasteiger charge is 2.56. The lowest BCUT2D eigenvalue weighted by Crippen LogP contribution is -2.62. The first-order valence-electron chi connectivity index (χ1n) is 14.7. The Kier molecular flexibility index (Phi) is 11.3. The Morgan fingerprint density at radius 3 is 2.09 bits per heavy atom. The van der Waals surface area contributed by atoms with Gasteiger partial charge in [0.1, 0.15) is 11.5 Å². The Morgan fingerprint density at radius 2 is 1.58 bits per heavy atom. The van der Waals surface area contributed by atoms with Gasteiger partial charge in [0, 0.05) is 19.5 Å². The Morgan fingerprint density at radius 1 is 1.04 bits per heavy atom. The lowest BCUT2D eigenvalue weighted by atomic mass is 9.73. The molecule has 1 fully saturated rings. The van der Waals surface area contributed by atoms with Crippen LogP contribution in [-0.2, 0) is 42.3 Å². The highest BCUT2D eigenvalue weighted by Crippen LogP contribution is 2.41. The molecule has 3 amide bonds. The first-order chi connectivity index (χ1) is 20.8. The lowest BCUT2D eigenvalue weighted by Gasteiger charge is -2.41. The number of rotatable bonds is 9. The van der Waals surface area contributed by atoms with Crippen molar-refractivity contribution in [1.82, 2.24) is 15.2 Å². The van der Waals surface area contributed by atoms with Gasteiger partial charge < -0.3 is 20.7 Å². The number of benzene rings is 2. The zero-order valence-corrected chi connectivity index (χ0v) is 27.6. The van der Waals surface area contributed by atoms with Crippen LogP contribution in [0.15, 0.2) is 65.8 Å². The average molecular weight is 644 g/mol. The van der Waals surface area contributed by atoms with E-state index in [9.17, 15) is 22.8 Å². The first-order valence-corrected chi connectivity index (χ1v) is 16.6. The summed E-state index contributed by atoms with van der Waals surface area (Å²) in [5.41, 5.74) is 6.12. The van der Waals surface area contributed by atoms with Crippen molar-refractivity contribution < 1.29 is 32.1 Å². The molecule has 0 aliphatic carbocycles. The van der Waals surface area contributed by atoms with E-state index in [0.717, 1.165) is 16.8 Å². The van der Waals surface area contributed by atoms with Crippen LogP contribution >= 0.6 is 0 Å². The van der Waals surface area contributed by atoms with Gasteiger partial charge in [0.2, 0.25) is 11.8 Å². The fraction of sp³-hybridized carbons (Fsp3) is 0.500. The van der Waals surface area contributed by atoms with Crippen molar-refractivity contribution in [2.75, 3.05) is 26.0 Å². The third-order valence-corrected chi connectivity index (χ3v) is 7.33. The summed E-state index contributed by atoms with van der Waals surface area (Å²) in [6.45, 7) is 9.86. The fourth-order valence-corrected chi connectivity index (χ4v) is 5.11. The molecule has 2 aliphatic rings. The maximum Gasteiger partial charge on any atom is 0.261 e. The molecule has 2 heterocycles. The van der Waals surface area contributed by atoms with Crippen molar-refractivity contribution in [3.05, 3.63) is 71.8 Å². The molecule has 13 heteroatoms. The highest BCUT2D eigenvalue weighted by molar-refractivity contribution is 7.85. The van der Waals surface area contributed by atoms with E-state index in [1.54, 1.807) is 23.8 Å². The van der Waals surface area contributed by atoms with Crippen molar-refractivity contribution in [2.45, 2.75) is 71.2 Å². The van der Waals surface area contributed by atoms with E-state index in [1.807, 2.05) is 81.4 Å². The van der Waals surface area contributed by atoms with Crippen molar-refractivity contribution in [3.63, 3.8) is 0 Å². The summed E-state index contributed by atoms with van der Waals surface area (Å²) >= 11 is 0. The summed E-state index contributed by atoms with van der Waals surface area (Å²) in [7, 11) is -3.67. The molecular weight excluding hydrogens is 598 g/mol. The number of hydrogen-bond donors (Lipinski definition) is 3. The number of nitrogens with two attached hydrogens (primary N) is 1. The predicted molar refractivity (Wildman–Crippen MR) is 172 cm³/mol. The van der Waals surface area contributed by atoms with E-state index in [2.05, 4.69) is 5.32 Å². The quantitative estimate of drug-likeness (QED) is 0.350. The number of hydrogen-bond acceptors (Lipinski definition) is 8. The summed E-state index contributed by atoms with van der Waals surface area (Å²) in [4.78, 5) is 42.6. The first kappa shape index (κ1) is 35.8. The third kappa shape index (κ3) is 9.92. The van der Waals surface area contributed by atoms with Gasteiger partial charge in [-0.2, -0.15) is 13.5 Å². The standard InChI is InChI=1S/C31H41N5O4.CH4O3S/c1-29(2,3)36-28(39)31(18-22-12-8-6-9-13-22)21-35(17-16-25(31)34-36)26(37)24(33-27(38)30(4,5)32)20-40-19-23-14-10-7-11-15-23;1-5(2,3)4/h6-15,24H,16-21,32H2,1-5H3,(H,33,38);1H3,(H,2,3,4)/t24?,31-;/m0./s1. The van der Waals surface area contributed by atoms with Crippen LogP contribution in [0.4, 0.5) is 0 Å². The van der Waals surface area contributed by atoms with Gasteiger partial charge in [-0.15, -0.1) is 0 Å². The zero-order chi connectivity index (χ0) is 33.6. The number of hydrazone groups is 1. The smallest absolute Gasteiger partial charge is 0.261 e. The summed E-state index contributed by atoms with van der Waals surface area (Å²) in [6, 6.07) is 18.5. The maximum atomic E-state index is 14.1. The van der Waals surface area contributed by atoms with Crippen LogP contribution in [0, 0.1) is 5.41 Å². The largest absolute Gasteiger partial charge is 0.374 e. The molecule has 4 N–H and O–H groups in total. The van der Waals surface area contributed by atoms with Gasteiger partial charge in [-0.25, -0.2) is 5.01 Å². The van der Waals surface area contributed by atoms with Gasteiger partial charge in [0.05, 0.1) is 36.3 Å². The highest BCUT2D eigenvalue weighted by atomic mass is 32.2. The third-order valence-electron chi connectivity index (χ3n) is 7.33. The summed E-state index contributed by atoms with van der Waals surface area (Å²) in [5.74, 6) is -0.872. The molecule has 0 radical (unpaired) electrons. The molecule has 246 valence electrons. The minimum Gasteiger partial charge on any atom is -0.374 e. The number of nitrogens with one attached hydrogen (secondary N) is 1. The minimum absolute atomic E-state index is 0.0270. The average Bonchev–Trinajstić information content (AvgIpc) is 3.23. The number of nitrogens with zero attached hydrogens (tertiary/aromatic N) is 3. The molecule has 4 rings (SSSR count). The second kappa shape index (κ2) is 14.2. The molecule has 1 saturated heterocycles. The lowest BCUT2D eigenvalue weighted by molar-refractivity contribution is -0.146. The molecule has 2 aromatic carbocycles. The monoisotopic (exact) mass is 643 g/mol. The molecule has 0 bridgehead atoms. The second-order valence-corrected chi connectivity index (χ2v) is 14.5. The van der Waals surface area contributed by atoms with Gasteiger partial charge in [0.25, 0.3) is 16.0 Å². The van der Waals surface area contributed by atoms with Crippen LogP contribution in [0.2, 0.25) is 0 Å². The van der Waals surface area contributed by atoms with Crippen molar-refractivity contribution in [3.8, 4) is 0 Å². The normalized spacial score (nSPS) is 19.2. The summed E-state index contributed by atoms with van der Waals surface area (Å²) in [6.07, 6.45) is 1.61. The summed E-state index contributed by atoms with van der Waals surface area (Å²) < 4.78 is 31.8. The van der Waals surface area contributed by atoms with Gasteiger partial charge in [-0.1, -0.05) is 60.7 Å². The zero-order valence-electron chi connectivity index (χ0n) is 26.8. The van der Waals surface area contributed by atoms with Crippen molar-refractivity contribution in [1.29, 1.82) is 0 Å². The molecule has 2 atom stereocenters. The van der Waals surface area contributed by atoms with Crippen LogP contribution in [0.5, 0.6) is 0 Å². The molecule has 0 saturated carbocycles. The number of ether oxygens (including phenoxy) is 1. The molecule has 0 spiro atoms. The van der Waals surface area contributed by atoms with Gasteiger partial charge in [-0.05, 0) is 52.2 Å². The molecule has 45 heavy (non-hydrogen) atoms. The molecule has 0 aromatic heterocycles. The molecular formula is C32H45N5O7S. The van der Waals surface area contributed by atoms with E-state index in [4.69, 9.17) is 20.1 Å². The van der Waals surface area contributed by atoms with Crippen LogP contribution in [0.25, 0.3) is 0 Å². The second-order valence-electron chi connectivity index (χ2n) is 13.1. The minimum atomic E-state index is -3.67. The Labute approximate surface area is 265 Å².